The predicted molar refractivity (Wildman–Crippen MR) is 83.6 cm³/mol. The van der Waals surface area contributed by atoms with Crippen LogP contribution in [0.4, 0.5) is 4.39 Å². The Morgan fingerprint density at radius 3 is 2.48 bits per heavy atom. The van der Waals surface area contributed by atoms with Crippen LogP contribution in [0.2, 0.25) is 0 Å². The standard InChI is InChI=1S/C17H20FN3/c1-2-21(11-13-6-4-3-5-7-13)12-14-8-9-15(18)10-16(14)17(19)20/h3-10H,2,11-12H2,1H3,(H3,19,20). The molecule has 0 aliphatic rings. The SMILES string of the molecule is CCN(Cc1ccccc1)Cc1ccc(F)cc1C(=N)N. The number of rotatable bonds is 6. The van der Waals surface area contributed by atoms with Crippen LogP contribution in [0.15, 0.2) is 48.5 Å². The van der Waals surface area contributed by atoms with Crippen LogP contribution in [0.3, 0.4) is 0 Å². The molecule has 0 saturated carbocycles. The van der Waals surface area contributed by atoms with Crippen LogP contribution in [0.5, 0.6) is 0 Å². The third-order valence-electron chi connectivity index (χ3n) is 3.45. The number of benzene rings is 2. The van der Waals surface area contributed by atoms with Crippen LogP contribution in [-0.4, -0.2) is 17.3 Å². The van der Waals surface area contributed by atoms with Crippen molar-refractivity contribution < 1.29 is 4.39 Å². The molecule has 0 unspecified atom stereocenters. The van der Waals surface area contributed by atoms with Gasteiger partial charge in [0.25, 0.3) is 0 Å². The first kappa shape index (κ1) is 15.2. The molecular formula is C17H20FN3. The molecule has 3 N–H and O–H groups in total. The average Bonchev–Trinajstić information content (AvgIpc) is 2.49. The van der Waals surface area contributed by atoms with Crippen molar-refractivity contribution in [2.75, 3.05) is 6.54 Å². The van der Waals surface area contributed by atoms with Crippen LogP contribution in [0.25, 0.3) is 0 Å². The lowest BCUT2D eigenvalue weighted by Crippen LogP contribution is -2.24. The van der Waals surface area contributed by atoms with Crippen molar-refractivity contribution in [3.8, 4) is 0 Å². The number of hydrogen-bond acceptors (Lipinski definition) is 2. The van der Waals surface area contributed by atoms with E-state index >= 15 is 0 Å². The first-order valence-corrected chi connectivity index (χ1v) is 6.99. The monoisotopic (exact) mass is 285 g/mol. The molecule has 110 valence electrons. The number of nitrogen functional groups attached to an aromatic ring is 1. The van der Waals surface area contributed by atoms with Crippen LogP contribution in [0, 0.1) is 11.2 Å². The first-order valence-electron chi connectivity index (χ1n) is 6.99. The number of nitrogens with two attached hydrogens (primary N) is 1. The van der Waals surface area contributed by atoms with Gasteiger partial charge in [0, 0.05) is 18.7 Å². The molecule has 2 aromatic carbocycles. The molecule has 0 radical (unpaired) electrons. The maximum atomic E-state index is 13.3. The fraction of sp³-hybridized carbons (Fsp3) is 0.235. The zero-order valence-electron chi connectivity index (χ0n) is 12.1. The summed E-state index contributed by atoms with van der Waals surface area (Å²) in [5.41, 5.74) is 8.13. The summed E-state index contributed by atoms with van der Waals surface area (Å²) in [6.45, 7) is 4.40. The Morgan fingerprint density at radius 2 is 1.86 bits per heavy atom. The summed E-state index contributed by atoms with van der Waals surface area (Å²) < 4.78 is 13.3. The minimum Gasteiger partial charge on any atom is -0.384 e. The maximum Gasteiger partial charge on any atom is 0.123 e. The molecule has 2 aromatic rings. The zero-order chi connectivity index (χ0) is 15.2. The molecule has 0 spiro atoms. The molecule has 4 heteroatoms. The Hall–Kier alpha value is -2.20. The van der Waals surface area contributed by atoms with E-state index in [9.17, 15) is 4.39 Å². The minimum atomic E-state index is -0.366. The molecule has 0 amide bonds. The van der Waals surface area contributed by atoms with E-state index in [4.69, 9.17) is 11.1 Å². The van der Waals surface area contributed by atoms with Crippen molar-refractivity contribution in [2.24, 2.45) is 5.73 Å². The highest BCUT2D eigenvalue weighted by atomic mass is 19.1. The molecule has 0 atom stereocenters. The van der Waals surface area contributed by atoms with E-state index in [0.29, 0.717) is 12.1 Å². The Labute approximate surface area is 124 Å². The second-order valence-corrected chi connectivity index (χ2v) is 5.00. The summed E-state index contributed by atoms with van der Waals surface area (Å²) in [5.74, 6) is -0.463. The second kappa shape index (κ2) is 6.99. The van der Waals surface area contributed by atoms with E-state index in [0.717, 1.165) is 18.7 Å². The van der Waals surface area contributed by atoms with Crippen molar-refractivity contribution in [1.82, 2.24) is 4.90 Å². The van der Waals surface area contributed by atoms with Crippen LogP contribution < -0.4 is 5.73 Å². The second-order valence-electron chi connectivity index (χ2n) is 5.00. The average molecular weight is 285 g/mol. The van der Waals surface area contributed by atoms with E-state index in [1.54, 1.807) is 6.07 Å². The van der Waals surface area contributed by atoms with Crippen LogP contribution in [0.1, 0.15) is 23.6 Å². The summed E-state index contributed by atoms with van der Waals surface area (Å²) >= 11 is 0. The lowest BCUT2D eigenvalue weighted by molar-refractivity contribution is 0.271. The van der Waals surface area contributed by atoms with Crippen molar-refractivity contribution in [1.29, 1.82) is 5.41 Å². The van der Waals surface area contributed by atoms with Gasteiger partial charge in [-0.3, -0.25) is 10.3 Å². The molecule has 2 rings (SSSR count). The molecule has 0 fully saturated rings. The molecule has 0 saturated heterocycles. The lowest BCUT2D eigenvalue weighted by Gasteiger charge is -2.22. The summed E-state index contributed by atoms with van der Waals surface area (Å²) in [4.78, 5) is 2.23. The number of nitrogens with zero attached hydrogens (tertiary/aromatic N) is 1. The Bertz CT molecular complexity index is 611. The number of halogens is 1. The molecule has 21 heavy (non-hydrogen) atoms. The zero-order valence-corrected chi connectivity index (χ0v) is 12.1. The van der Waals surface area contributed by atoms with Gasteiger partial charge in [0.1, 0.15) is 11.7 Å². The van der Waals surface area contributed by atoms with Gasteiger partial charge in [0.2, 0.25) is 0 Å². The molecule has 0 aliphatic carbocycles. The quantitative estimate of drug-likeness (QED) is 0.633. The smallest absolute Gasteiger partial charge is 0.123 e. The van der Waals surface area contributed by atoms with Crippen molar-refractivity contribution in [3.05, 3.63) is 71.0 Å². The summed E-state index contributed by atoms with van der Waals surface area (Å²) in [7, 11) is 0. The topological polar surface area (TPSA) is 53.1 Å². The van der Waals surface area contributed by atoms with Crippen molar-refractivity contribution in [2.45, 2.75) is 20.0 Å². The van der Waals surface area contributed by atoms with E-state index < -0.39 is 0 Å². The molecule has 0 aromatic heterocycles. The van der Waals surface area contributed by atoms with Gasteiger partial charge in [-0.25, -0.2) is 4.39 Å². The predicted octanol–water partition coefficient (Wildman–Crippen LogP) is 3.13. The fourth-order valence-electron chi connectivity index (χ4n) is 2.30. The van der Waals surface area contributed by atoms with Crippen LogP contribution >= 0.6 is 0 Å². The fourth-order valence-corrected chi connectivity index (χ4v) is 2.30. The third kappa shape index (κ3) is 4.13. The highest BCUT2D eigenvalue weighted by Crippen LogP contribution is 2.15. The third-order valence-corrected chi connectivity index (χ3v) is 3.45. The van der Waals surface area contributed by atoms with Gasteiger partial charge in [-0.1, -0.05) is 43.3 Å². The van der Waals surface area contributed by atoms with Gasteiger partial charge in [0.15, 0.2) is 0 Å². The Balaban J connectivity index is 2.17. The minimum absolute atomic E-state index is 0.0970. The highest BCUT2D eigenvalue weighted by Gasteiger charge is 2.11. The van der Waals surface area contributed by atoms with E-state index in [1.165, 1.54) is 17.7 Å². The summed E-state index contributed by atoms with van der Waals surface area (Å²) in [6, 6.07) is 14.6. The van der Waals surface area contributed by atoms with E-state index in [1.807, 2.05) is 18.2 Å². The highest BCUT2D eigenvalue weighted by molar-refractivity contribution is 5.96. The summed E-state index contributed by atoms with van der Waals surface area (Å²) in [6.07, 6.45) is 0. The van der Waals surface area contributed by atoms with Crippen LogP contribution in [-0.2, 0) is 13.1 Å². The maximum absolute atomic E-state index is 13.3. The normalized spacial score (nSPS) is 10.8. The van der Waals surface area contributed by atoms with Gasteiger partial charge >= 0.3 is 0 Å². The number of nitrogens with one attached hydrogen (secondary N) is 1. The number of amidine groups is 1. The van der Waals surface area contributed by atoms with Crippen molar-refractivity contribution >= 4 is 5.84 Å². The first-order chi connectivity index (χ1) is 10.1. The van der Waals surface area contributed by atoms with E-state index in [-0.39, 0.29) is 11.7 Å². The lowest BCUT2D eigenvalue weighted by atomic mass is 10.1. The van der Waals surface area contributed by atoms with E-state index in [2.05, 4.69) is 24.0 Å². The van der Waals surface area contributed by atoms with Gasteiger partial charge < -0.3 is 5.73 Å². The Morgan fingerprint density at radius 1 is 1.14 bits per heavy atom. The summed E-state index contributed by atoms with van der Waals surface area (Å²) in [5, 5.41) is 7.59. The molecule has 0 heterocycles. The van der Waals surface area contributed by atoms with Gasteiger partial charge in [0.05, 0.1) is 0 Å². The van der Waals surface area contributed by atoms with Gasteiger partial charge in [-0.05, 0) is 29.8 Å². The van der Waals surface area contributed by atoms with Gasteiger partial charge in [-0.15, -0.1) is 0 Å². The molecule has 0 bridgehead atoms. The Kier molecular flexibility index (Phi) is 5.06. The molecule has 3 nitrogen and oxygen atoms in total. The largest absolute Gasteiger partial charge is 0.384 e. The molecule has 0 aliphatic heterocycles. The number of hydrogen-bond donors (Lipinski definition) is 2. The van der Waals surface area contributed by atoms with Crippen molar-refractivity contribution in [3.63, 3.8) is 0 Å². The molecular weight excluding hydrogens is 265 g/mol. The van der Waals surface area contributed by atoms with Gasteiger partial charge in [-0.2, -0.15) is 0 Å².